The molecule has 1 fully saturated rings. The molecule has 3 rings (SSSR count). The van der Waals surface area contributed by atoms with Gasteiger partial charge in [-0.25, -0.2) is 0 Å². The van der Waals surface area contributed by atoms with Gasteiger partial charge in [0.05, 0.1) is 7.11 Å². The van der Waals surface area contributed by atoms with E-state index in [1.807, 2.05) is 29.2 Å². The third-order valence-corrected chi connectivity index (χ3v) is 4.22. The number of anilines is 2. The quantitative estimate of drug-likeness (QED) is 0.624. The smallest absolute Gasteiger partial charge is 0.253 e. The van der Waals surface area contributed by atoms with Crippen LogP contribution in [0, 0.1) is 23.5 Å². The Morgan fingerprint density at radius 3 is 2.00 bits per heavy atom. The number of ether oxygens (including phenoxy) is 1. The predicted octanol–water partition coefficient (Wildman–Crippen LogP) is 3.36. The van der Waals surface area contributed by atoms with Gasteiger partial charge in [0.1, 0.15) is 11.4 Å². The number of aromatic nitrogens is 1. The Morgan fingerprint density at radius 2 is 1.40 bits per heavy atom. The molecule has 0 amide bonds. The zero-order valence-corrected chi connectivity index (χ0v) is 13.6. The number of hydrogen-bond donors (Lipinski definition) is 0. The van der Waals surface area contributed by atoms with Crippen molar-refractivity contribution in [3.63, 3.8) is 0 Å². The van der Waals surface area contributed by atoms with E-state index in [0.717, 1.165) is 11.4 Å². The summed E-state index contributed by atoms with van der Waals surface area (Å²) in [4.78, 5) is 5.96. The summed E-state index contributed by atoms with van der Waals surface area (Å²) in [5.74, 6) is -5.46. The van der Waals surface area contributed by atoms with Gasteiger partial charge < -0.3 is 14.5 Å². The Kier molecular flexibility index (Phi) is 4.96. The SMILES string of the molecule is COc1ccc(N2CCCN(c3c(F)c(F)nc(F)c3F)CC2)cc1. The molecular weight excluding hydrogens is 338 g/mol. The van der Waals surface area contributed by atoms with Gasteiger partial charge in [0.2, 0.25) is 11.6 Å². The molecule has 0 bridgehead atoms. The van der Waals surface area contributed by atoms with Crippen molar-refractivity contribution in [3.8, 4) is 5.75 Å². The summed E-state index contributed by atoms with van der Waals surface area (Å²) in [6.07, 6.45) is 0.580. The van der Waals surface area contributed by atoms with Crippen LogP contribution in [0.2, 0.25) is 0 Å². The normalized spacial score (nSPS) is 15.2. The van der Waals surface area contributed by atoms with E-state index < -0.39 is 29.2 Å². The zero-order valence-electron chi connectivity index (χ0n) is 13.6. The lowest BCUT2D eigenvalue weighted by molar-refractivity contribution is 0.406. The first kappa shape index (κ1) is 17.3. The molecule has 2 aromatic rings. The fourth-order valence-corrected chi connectivity index (χ4v) is 2.95. The molecular formula is C17H17F4N3O. The lowest BCUT2D eigenvalue weighted by Gasteiger charge is -2.25. The standard InChI is InChI=1S/C17H17F4N3O/c1-25-12-5-3-11(4-6-12)23-7-2-8-24(10-9-23)15-13(18)16(20)22-17(21)14(15)19/h3-6H,2,7-10H2,1H3. The molecule has 0 aliphatic carbocycles. The Balaban J connectivity index is 1.80. The zero-order chi connectivity index (χ0) is 18.0. The van der Waals surface area contributed by atoms with Gasteiger partial charge in [0.15, 0.2) is 0 Å². The highest BCUT2D eigenvalue weighted by Crippen LogP contribution is 2.28. The van der Waals surface area contributed by atoms with Crippen LogP contribution in [0.4, 0.5) is 28.9 Å². The van der Waals surface area contributed by atoms with E-state index in [1.165, 1.54) is 4.90 Å². The van der Waals surface area contributed by atoms with E-state index in [2.05, 4.69) is 4.98 Å². The van der Waals surface area contributed by atoms with E-state index in [1.54, 1.807) is 7.11 Å². The van der Waals surface area contributed by atoms with Crippen molar-refractivity contribution in [1.82, 2.24) is 4.98 Å². The molecule has 1 aliphatic heterocycles. The summed E-state index contributed by atoms with van der Waals surface area (Å²) in [6.45, 7) is 1.62. The van der Waals surface area contributed by atoms with Crippen LogP contribution < -0.4 is 14.5 Å². The Bertz CT molecular complexity index is 728. The second kappa shape index (κ2) is 7.16. The maximum Gasteiger partial charge on any atom is 0.253 e. The number of nitrogens with zero attached hydrogens (tertiary/aromatic N) is 3. The van der Waals surface area contributed by atoms with Crippen LogP contribution in [-0.4, -0.2) is 38.3 Å². The minimum absolute atomic E-state index is 0.225. The predicted molar refractivity (Wildman–Crippen MR) is 86.1 cm³/mol. The first-order chi connectivity index (χ1) is 12.0. The van der Waals surface area contributed by atoms with Crippen molar-refractivity contribution in [2.45, 2.75) is 6.42 Å². The molecule has 0 N–H and O–H groups in total. The number of benzene rings is 1. The van der Waals surface area contributed by atoms with Crippen LogP contribution in [0.15, 0.2) is 24.3 Å². The van der Waals surface area contributed by atoms with Crippen molar-refractivity contribution < 1.29 is 22.3 Å². The first-order valence-electron chi connectivity index (χ1n) is 7.85. The second-order valence-electron chi connectivity index (χ2n) is 5.70. The molecule has 2 heterocycles. The van der Waals surface area contributed by atoms with Crippen LogP contribution in [0.25, 0.3) is 0 Å². The highest BCUT2D eigenvalue weighted by Gasteiger charge is 2.27. The highest BCUT2D eigenvalue weighted by atomic mass is 19.2. The van der Waals surface area contributed by atoms with Crippen LogP contribution in [-0.2, 0) is 0 Å². The molecule has 25 heavy (non-hydrogen) atoms. The first-order valence-corrected chi connectivity index (χ1v) is 7.85. The third kappa shape index (κ3) is 3.47. The molecule has 1 aromatic heterocycles. The van der Waals surface area contributed by atoms with Crippen molar-refractivity contribution in [2.24, 2.45) is 0 Å². The number of hydrogen-bond acceptors (Lipinski definition) is 4. The maximum atomic E-state index is 13.9. The molecule has 1 saturated heterocycles. The van der Waals surface area contributed by atoms with Crippen LogP contribution in [0.3, 0.4) is 0 Å². The lowest BCUT2D eigenvalue weighted by atomic mass is 10.2. The molecule has 0 unspecified atom stereocenters. The van der Waals surface area contributed by atoms with Crippen molar-refractivity contribution in [3.05, 3.63) is 47.8 Å². The maximum absolute atomic E-state index is 13.9. The van der Waals surface area contributed by atoms with Gasteiger partial charge in [0.25, 0.3) is 11.9 Å². The van der Waals surface area contributed by atoms with Gasteiger partial charge in [0, 0.05) is 31.9 Å². The van der Waals surface area contributed by atoms with Gasteiger partial charge in [-0.1, -0.05) is 0 Å². The van der Waals surface area contributed by atoms with E-state index in [0.29, 0.717) is 19.5 Å². The molecule has 1 aliphatic rings. The molecule has 0 spiro atoms. The van der Waals surface area contributed by atoms with E-state index in [-0.39, 0.29) is 13.1 Å². The molecule has 0 atom stereocenters. The third-order valence-electron chi connectivity index (χ3n) is 4.22. The van der Waals surface area contributed by atoms with Crippen molar-refractivity contribution in [2.75, 3.05) is 43.1 Å². The van der Waals surface area contributed by atoms with Gasteiger partial charge in [-0.2, -0.15) is 22.5 Å². The second-order valence-corrected chi connectivity index (χ2v) is 5.70. The minimum Gasteiger partial charge on any atom is -0.497 e. The Hall–Kier alpha value is -2.51. The topological polar surface area (TPSA) is 28.6 Å². The van der Waals surface area contributed by atoms with Gasteiger partial charge in [-0.15, -0.1) is 0 Å². The average Bonchev–Trinajstić information content (AvgIpc) is 2.87. The summed E-state index contributed by atoms with van der Waals surface area (Å²) in [7, 11) is 1.58. The summed E-state index contributed by atoms with van der Waals surface area (Å²) >= 11 is 0. The van der Waals surface area contributed by atoms with E-state index in [4.69, 9.17) is 4.74 Å². The summed E-state index contributed by atoms with van der Waals surface area (Å²) in [5.41, 5.74) is 0.247. The molecule has 4 nitrogen and oxygen atoms in total. The van der Waals surface area contributed by atoms with E-state index >= 15 is 0 Å². The van der Waals surface area contributed by atoms with Crippen molar-refractivity contribution >= 4 is 11.4 Å². The number of halogens is 4. The molecule has 0 saturated carbocycles. The molecule has 0 radical (unpaired) electrons. The van der Waals surface area contributed by atoms with Crippen molar-refractivity contribution in [1.29, 1.82) is 0 Å². The number of methoxy groups -OCH3 is 1. The summed E-state index contributed by atoms with van der Waals surface area (Å²) < 4.78 is 59.7. The van der Waals surface area contributed by atoms with Crippen LogP contribution in [0.5, 0.6) is 5.75 Å². The van der Waals surface area contributed by atoms with E-state index in [9.17, 15) is 17.6 Å². The van der Waals surface area contributed by atoms with Crippen LogP contribution >= 0.6 is 0 Å². The Morgan fingerprint density at radius 1 is 0.840 bits per heavy atom. The molecule has 134 valence electrons. The van der Waals surface area contributed by atoms with Crippen LogP contribution in [0.1, 0.15) is 6.42 Å². The van der Waals surface area contributed by atoms with Gasteiger partial charge in [-0.05, 0) is 30.7 Å². The Labute approximate surface area is 142 Å². The lowest BCUT2D eigenvalue weighted by Crippen LogP contribution is -2.32. The van der Waals surface area contributed by atoms with Gasteiger partial charge in [-0.3, -0.25) is 0 Å². The number of rotatable bonds is 3. The summed E-state index contributed by atoms with van der Waals surface area (Å²) in [6, 6.07) is 7.43. The average molecular weight is 355 g/mol. The monoisotopic (exact) mass is 355 g/mol. The molecule has 8 heteroatoms. The largest absolute Gasteiger partial charge is 0.497 e. The summed E-state index contributed by atoms with van der Waals surface area (Å²) in [5, 5.41) is 0. The highest BCUT2D eigenvalue weighted by molar-refractivity contribution is 5.52. The molecule has 1 aromatic carbocycles. The van der Waals surface area contributed by atoms with Gasteiger partial charge >= 0.3 is 0 Å². The fourth-order valence-electron chi connectivity index (χ4n) is 2.95. The number of pyridine rings is 1. The fraction of sp³-hybridized carbons (Fsp3) is 0.353. The minimum atomic E-state index is -1.63.